The van der Waals surface area contributed by atoms with Gasteiger partial charge in [-0.25, -0.2) is 0 Å². The Morgan fingerprint density at radius 1 is 0.700 bits per heavy atom. The van der Waals surface area contributed by atoms with Crippen molar-refractivity contribution in [3.63, 3.8) is 0 Å². The fourth-order valence-corrected chi connectivity index (χ4v) is 4.81. The lowest BCUT2D eigenvalue weighted by Gasteiger charge is -2.31. The number of nitrogens with zero attached hydrogens (tertiary/aromatic N) is 1. The first-order chi connectivity index (χ1) is 14.7. The largest absolute Gasteiger partial charge is 0.335 e. The number of fused-ring (bicyclic) bond motifs is 1. The maximum Gasteiger partial charge on any atom is 0.335 e. The van der Waals surface area contributed by atoms with Gasteiger partial charge in [0.15, 0.2) is 5.16 Å². The summed E-state index contributed by atoms with van der Waals surface area (Å²) in [4.78, 5) is 2.29. The van der Waals surface area contributed by atoms with Gasteiger partial charge in [0.25, 0.3) is 0 Å². The van der Waals surface area contributed by atoms with Crippen molar-refractivity contribution in [3.05, 3.63) is 103 Å². The quantitative estimate of drug-likeness (QED) is 0.284. The average molecular weight is 412 g/mol. The van der Waals surface area contributed by atoms with Crippen LogP contribution in [0.4, 0.5) is 17.1 Å². The van der Waals surface area contributed by atoms with E-state index >= 15 is 0 Å². The molecule has 4 aromatic rings. The van der Waals surface area contributed by atoms with Crippen LogP contribution in [-0.2, 0) is 9.72 Å². The van der Waals surface area contributed by atoms with E-state index in [1.54, 1.807) is 0 Å². The Kier molecular flexibility index (Phi) is 5.97. The standard InChI is InChI=1S/C27H26NOP/c1-3-27(4-2,30-29)25-19-21-13-11-12-14-22(21)20-26(25)28(23-15-7-5-8-16-23)24-17-9-6-10-18-24/h5-20H,3-4H2,1-2H3/p+1. The molecule has 0 aromatic heterocycles. The number of hydrogen-bond donors (Lipinski definition) is 0. The van der Waals surface area contributed by atoms with Crippen molar-refractivity contribution in [2.45, 2.75) is 31.8 Å². The first kappa shape index (κ1) is 20.3. The Balaban J connectivity index is 2.07. The van der Waals surface area contributed by atoms with Crippen LogP contribution in [-0.4, -0.2) is 0 Å². The van der Waals surface area contributed by atoms with Gasteiger partial charge in [-0.3, -0.25) is 0 Å². The molecule has 0 aliphatic carbocycles. The van der Waals surface area contributed by atoms with Gasteiger partial charge in [-0.2, -0.15) is 0 Å². The molecule has 3 heteroatoms. The van der Waals surface area contributed by atoms with E-state index in [1.165, 1.54) is 10.8 Å². The van der Waals surface area contributed by atoms with Gasteiger partial charge in [-0.1, -0.05) is 79.1 Å². The van der Waals surface area contributed by atoms with Crippen LogP contribution in [0.25, 0.3) is 10.8 Å². The molecule has 0 spiro atoms. The molecule has 150 valence electrons. The summed E-state index contributed by atoms with van der Waals surface area (Å²) in [5.41, 5.74) is 4.43. The molecule has 4 aromatic carbocycles. The second kappa shape index (κ2) is 8.81. The lowest BCUT2D eigenvalue weighted by Crippen LogP contribution is -2.22. The Labute approximate surface area is 180 Å². The fraction of sp³-hybridized carbons (Fsp3) is 0.185. The van der Waals surface area contributed by atoms with Crippen molar-refractivity contribution >= 4 is 36.3 Å². The van der Waals surface area contributed by atoms with Crippen LogP contribution in [0.15, 0.2) is 97.1 Å². The predicted molar refractivity (Wildman–Crippen MR) is 130 cm³/mol. The van der Waals surface area contributed by atoms with E-state index in [-0.39, 0.29) is 5.16 Å². The van der Waals surface area contributed by atoms with E-state index in [2.05, 4.69) is 104 Å². The van der Waals surface area contributed by atoms with Gasteiger partial charge in [-0.05, 0) is 60.0 Å². The molecule has 0 saturated carbocycles. The monoisotopic (exact) mass is 412 g/mol. The number of hydrogen-bond acceptors (Lipinski definition) is 2. The number of para-hydroxylation sites is 2. The minimum Gasteiger partial charge on any atom is -0.310 e. The molecule has 0 aliphatic rings. The summed E-state index contributed by atoms with van der Waals surface area (Å²) in [6.45, 7) is 4.28. The highest BCUT2D eigenvalue weighted by atomic mass is 31.1. The second-order valence-corrected chi connectivity index (χ2v) is 8.78. The molecule has 0 bridgehead atoms. The van der Waals surface area contributed by atoms with Gasteiger partial charge in [0.05, 0.1) is 5.69 Å². The normalized spacial score (nSPS) is 11.7. The summed E-state index contributed by atoms with van der Waals surface area (Å²) in [6, 6.07) is 33.8. The number of benzene rings is 4. The highest BCUT2D eigenvalue weighted by molar-refractivity contribution is 7.25. The molecule has 0 saturated heterocycles. The van der Waals surface area contributed by atoms with Crippen LogP contribution < -0.4 is 4.90 Å². The third-order valence-corrected chi connectivity index (χ3v) is 7.42. The van der Waals surface area contributed by atoms with E-state index in [9.17, 15) is 4.57 Å². The Morgan fingerprint density at radius 3 is 1.63 bits per heavy atom. The van der Waals surface area contributed by atoms with Crippen molar-refractivity contribution in [2.24, 2.45) is 0 Å². The Hall–Kier alpha value is -2.96. The summed E-state index contributed by atoms with van der Waals surface area (Å²) >= 11 is 0. The molecule has 1 unspecified atom stereocenters. The van der Waals surface area contributed by atoms with Gasteiger partial charge < -0.3 is 4.90 Å². The van der Waals surface area contributed by atoms with Crippen LogP contribution in [0, 0.1) is 0 Å². The predicted octanol–water partition coefficient (Wildman–Crippen LogP) is 8.35. The second-order valence-electron chi connectivity index (χ2n) is 7.61. The first-order valence-corrected chi connectivity index (χ1v) is 11.5. The van der Waals surface area contributed by atoms with E-state index in [4.69, 9.17) is 0 Å². The molecule has 4 rings (SSSR count). The van der Waals surface area contributed by atoms with E-state index in [0.717, 1.165) is 35.5 Å². The van der Waals surface area contributed by atoms with E-state index < -0.39 is 8.46 Å². The van der Waals surface area contributed by atoms with E-state index in [0.29, 0.717) is 0 Å². The molecular weight excluding hydrogens is 385 g/mol. The maximum atomic E-state index is 12.6. The van der Waals surface area contributed by atoms with Gasteiger partial charge in [0, 0.05) is 16.9 Å². The van der Waals surface area contributed by atoms with Crippen LogP contribution in [0.5, 0.6) is 0 Å². The van der Waals surface area contributed by atoms with Crippen molar-refractivity contribution in [3.8, 4) is 0 Å². The maximum absolute atomic E-state index is 12.6. The zero-order valence-corrected chi connectivity index (χ0v) is 18.5. The number of rotatable bonds is 7. The fourth-order valence-electron chi connectivity index (χ4n) is 4.21. The van der Waals surface area contributed by atoms with Crippen molar-refractivity contribution in [2.75, 3.05) is 4.90 Å². The van der Waals surface area contributed by atoms with Crippen molar-refractivity contribution in [1.82, 2.24) is 0 Å². The summed E-state index contributed by atoms with van der Waals surface area (Å²) < 4.78 is 12.6. The molecule has 0 fully saturated rings. The van der Waals surface area contributed by atoms with Crippen LogP contribution in [0.2, 0.25) is 0 Å². The highest BCUT2D eigenvalue weighted by Gasteiger charge is 2.40. The molecule has 0 N–H and O–H groups in total. The average Bonchev–Trinajstić information content (AvgIpc) is 2.82. The summed E-state index contributed by atoms with van der Waals surface area (Å²) in [5, 5.41) is 1.99. The third kappa shape index (κ3) is 3.64. The third-order valence-electron chi connectivity index (χ3n) is 6.05. The van der Waals surface area contributed by atoms with Crippen LogP contribution >= 0.6 is 8.46 Å². The summed E-state index contributed by atoms with van der Waals surface area (Å²) in [7, 11) is -0.404. The Morgan fingerprint density at radius 2 is 1.17 bits per heavy atom. The molecule has 0 amide bonds. The summed E-state index contributed by atoms with van der Waals surface area (Å²) in [6.07, 6.45) is 1.66. The highest BCUT2D eigenvalue weighted by Crippen LogP contribution is 2.49. The molecule has 0 aliphatic heterocycles. The topological polar surface area (TPSA) is 20.3 Å². The lowest BCUT2D eigenvalue weighted by molar-refractivity contribution is 0.522. The molecule has 1 atom stereocenters. The van der Waals surface area contributed by atoms with Gasteiger partial charge >= 0.3 is 8.46 Å². The van der Waals surface area contributed by atoms with E-state index in [1.807, 2.05) is 12.1 Å². The minimum absolute atomic E-state index is 0.374. The molecular formula is C27H27NOP+. The van der Waals surface area contributed by atoms with Crippen LogP contribution in [0.1, 0.15) is 32.3 Å². The van der Waals surface area contributed by atoms with Crippen LogP contribution in [0.3, 0.4) is 0 Å². The van der Waals surface area contributed by atoms with Crippen molar-refractivity contribution in [1.29, 1.82) is 0 Å². The van der Waals surface area contributed by atoms with Crippen molar-refractivity contribution < 1.29 is 4.57 Å². The first-order valence-electron chi connectivity index (χ1n) is 10.5. The SMILES string of the molecule is CCC(CC)([PH+]=O)c1cc2ccccc2cc1N(c1ccccc1)c1ccccc1. The number of anilines is 3. The molecule has 30 heavy (non-hydrogen) atoms. The minimum atomic E-state index is -0.404. The Bertz CT molecular complexity index is 1100. The zero-order valence-electron chi connectivity index (χ0n) is 17.5. The molecule has 0 heterocycles. The zero-order chi connectivity index (χ0) is 21.0. The smallest absolute Gasteiger partial charge is 0.310 e. The lowest BCUT2D eigenvalue weighted by atomic mass is 9.88. The molecule has 0 radical (unpaired) electrons. The van der Waals surface area contributed by atoms with Gasteiger partial charge in [0.1, 0.15) is 0 Å². The summed E-state index contributed by atoms with van der Waals surface area (Å²) in [5.74, 6) is 0. The van der Waals surface area contributed by atoms with Gasteiger partial charge in [-0.15, -0.1) is 0 Å². The molecule has 2 nitrogen and oxygen atoms in total. The van der Waals surface area contributed by atoms with Gasteiger partial charge in [0.2, 0.25) is 0 Å².